The fourth-order valence-electron chi connectivity index (χ4n) is 1.46. The Balaban J connectivity index is 2.20. The molecule has 0 spiro atoms. The third-order valence-electron chi connectivity index (χ3n) is 2.19. The number of hydrogen-bond donors (Lipinski definition) is 0. The molecule has 0 aliphatic rings. The normalized spacial score (nSPS) is 12.1. The molecule has 0 aromatic heterocycles. The fraction of sp³-hybridized carbons (Fsp3) is 0.0769. The molecular formula is C13H10F2O. The lowest BCUT2D eigenvalue weighted by molar-refractivity contribution is -0.0498. The second-order valence-electron chi connectivity index (χ2n) is 3.27. The lowest BCUT2D eigenvalue weighted by atomic mass is 10.1. The summed E-state index contributed by atoms with van der Waals surface area (Å²) in [5.41, 5.74) is 2.02. The largest absolute Gasteiger partial charge is 0.435 e. The van der Waals surface area contributed by atoms with Crippen LogP contribution in [0.5, 0.6) is 5.75 Å². The average molecular weight is 219 g/mol. The van der Waals surface area contributed by atoms with Gasteiger partial charge in [0.25, 0.3) is 0 Å². The van der Waals surface area contributed by atoms with E-state index in [0.717, 1.165) is 11.1 Å². The van der Waals surface area contributed by atoms with E-state index in [1.807, 2.05) is 30.3 Å². The minimum Gasteiger partial charge on any atom is -0.435 e. The van der Waals surface area contributed by atoms with E-state index in [4.69, 9.17) is 0 Å². The molecule has 0 saturated carbocycles. The van der Waals surface area contributed by atoms with Gasteiger partial charge in [-0.3, -0.25) is 0 Å². The molecule has 1 atom stereocenters. The fourth-order valence-corrected chi connectivity index (χ4v) is 1.46. The molecule has 0 aliphatic carbocycles. The van der Waals surface area contributed by atoms with Crippen molar-refractivity contribution in [3.05, 3.63) is 54.6 Å². The van der Waals surface area contributed by atoms with Crippen molar-refractivity contribution in [2.75, 3.05) is 0 Å². The Morgan fingerprint density at radius 2 is 1.31 bits per heavy atom. The van der Waals surface area contributed by atoms with Crippen molar-refractivity contribution in [2.45, 2.75) is 6.61 Å². The smallest absolute Gasteiger partial charge is 0.387 e. The first-order valence-corrected chi connectivity index (χ1v) is 4.86. The van der Waals surface area contributed by atoms with E-state index in [2.05, 4.69) is 4.74 Å². The Labute approximate surface area is 92.3 Å². The van der Waals surface area contributed by atoms with Crippen molar-refractivity contribution in [2.24, 2.45) is 0 Å². The van der Waals surface area contributed by atoms with Gasteiger partial charge in [0.1, 0.15) is 5.75 Å². The van der Waals surface area contributed by atoms with E-state index in [-0.39, 0.29) is 5.75 Å². The van der Waals surface area contributed by atoms with Gasteiger partial charge in [-0.1, -0.05) is 42.5 Å². The van der Waals surface area contributed by atoms with Gasteiger partial charge in [-0.15, -0.1) is 0 Å². The molecule has 0 fully saturated rings. The van der Waals surface area contributed by atoms with Crippen molar-refractivity contribution < 1.29 is 13.5 Å². The molecule has 16 heavy (non-hydrogen) atoms. The monoisotopic (exact) mass is 219 g/mol. The van der Waals surface area contributed by atoms with E-state index in [1.165, 1.54) is 12.1 Å². The number of ether oxygens (including phenoxy) is 1. The second-order valence-corrected chi connectivity index (χ2v) is 3.27. The summed E-state index contributed by atoms with van der Waals surface area (Å²) in [7, 11) is 0. The molecule has 0 radical (unpaired) electrons. The van der Waals surface area contributed by atoms with Crippen LogP contribution in [0.4, 0.5) is 8.78 Å². The van der Waals surface area contributed by atoms with Crippen molar-refractivity contribution in [3.63, 3.8) is 0 Å². The van der Waals surface area contributed by atoms with Crippen LogP contribution < -0.4 is 4.74 Å². The van der Waals surface area contributed by atoms with Crippen molar-refractivity contribution >= 4 is 0 Å². The molecule has 82 valence electrons. The van der Waals surface area contributed by atoms with Gasteiger partial charge in [0.05, 0.1) is 0 Å². The summed E-state index contributed by atoms with van der Waals surface area (Å²) in [5.74, 6) is 0.176. The summed E-state index contributed by atoms with van der Waals surface area (Å²) in [6.07, 6.45) is 0. The molecule has 0 heterocycles. The Bertz CT molecular complexity index is 437. The summed E-state index contributed by atoms with van der Waals surface area (Å²) >= 11 is 0. The van der Waals surface area contributed by atoms with Gasteiger partial charge in [-0.05, 0) is 23.3 Å². The van der Waals surface area contributed by atoms with Gasteiger partial charge in [0.15, 0.2) is 0 Å². The predicted molar refractivity (Wildman–Crippen MR) is 58.5 cm³/mol. The zero-order valence-corrected chi connectivity index (χ0v) is 8.44. The van der Waals surface area contributed by atoms with E-state index in [1.54, 1.807) is 12.1 Å². The highest BCUT2D eigenvalue weighted by Gasteiger charge is 2.03. The summed E-state index contributed by atoms with van der Waals surface area (Å²) in [4.78, 5) is 0. The van der Waals surface area contributed by atoms with Gasteiger partial charge in [0, 0.05) is 0 Å². The third-order valence-corrected chi connectivity index (χ3v) is 2.19. The Hall–Kier alpha value is -1.90. The molecular weight excluding hydrogens is 209 g/mol. The highest BCUT2D eigenvalue weighted by atomic mass is 19.2. The minimum absolute atomic E-state index is 0.176. The van der Waals surface area contributed by atoms with Crippen molar-refractivity contribution in [3.8, 4) is 16.9 Å². The van der Waals surface area contributed by atoms with Crippen LogP contribution in [0.15, 0.2) is 54.6 Å². The number of rotatable bonds is 3. The second kappa shape index (κ2) is 4.75. The predicted octanol–water partition coefficient (Wildman–Crippen LogP) is 3.96. The maximum atomic E-state index is 11.9. The molecule has 3 heteroatoms. The zero-order valence-electron chi connectivity index (χ0n) is 8.44. The molecule has 1 nitrogen and oxygen atoms in total. The Morgan fingerprint density at radius 3 is 1.88 bits per heavy atom. The van der Waals surface area contributed by atoms with E-state index >= 15 is 0 Å². The summed E-state index contributed by atoms with van der Waals surface area (Å²) in [6, 6.07) is 16.3. The van der Waals surface area contributed by atoms with Crippen LogP contribution in [-0.4, -0.2) is 6.61 Å². The molecule has 2 aromatic carbocycles. The van der Waals surface area contributed by atoms with Crippen molar-refractivity contribution in [1.82, 2.24) is 0 Å². The van der Waals surface area contributed by atoms with E-state index in [0.29, 0.717) is 0 Å². The van der Waals surface area contributed by atoms with Crippen molar-refractivity contribution in [1.29, 1.82) is 0 Å². The maximum absolute atomic E-state index is 11.9. The quantitative estimate of drug-likeness (QED) is 0.759. The maximum Gasteiger partial charge on any atom is 0.387 e. The first-order chi connectivity index (χ1) is 7.75. The SMILES string of the molecule is FC([18F])Oc1ccc(-c2ccccc2)cc1. The zero-order chi connectivity index (χ0) is 11.4. The number of hydrogen-bond acceptors (Lipinski definition) is 1. The molecule has 0 saturated heterocycles. The molecule has 2 aromatic rings. The first-order valence-electron chi connectivity index (χ1n) is 4.86. The molecule has 0 bridgehead atoms. The van der Waals surface area contributed by atoms with Gasteiger partial charge in [-0.25, -0.2) is 0 Å². The standard InChI is InChI=1S/C13H10F2O/c14-13(15)16-12-8-6-11(7-9-12)10-4-2-1-3-5-10/h1-9,13H/i14-1. The van der Waals surface area contributed by atoms with Crippen LogP contribution in [0.2, 0.25) is 0 Å². The van der Waals surface area contributed by atoms with Gasteiger partial charge < -0.3 is 4.74 Å². The third kappa shape index (κ3) is 2.57. The number of halogens is 2. The highest BCUT2D eigenvalue weighted by Crippen LogP contribution is 2.22. The van der Waals surface area contributed by atoms with Gasteiger partial charge in [-0.2, -0.15) is 8.78 Å². The van der Waals surface area contributed by atoms with Crippen LogP contribution in [0.3, 0.4) is 0 Å². The topological polar surface area (TPSA) is 9.23 Å². The van der Waals surface area contributed by atoms with Gasteiger partial charge in [0.2, 0.25) is 0 Å². The minimum atomic E-state index is -2.78. The van der Waals surface area contributed by atoms with E-state index < -0.39 is 6.61 Å². The summed E-state index contributed by atoms with van der Waals surface area (Å²) < 4.78 is 28.1. The number of benzene rings is 2. The summed E-state index contributed by atoms with van der Waals surface area (Å²) in [5, 5.41) is 0. The average Bonchev–Trinajstić information content (AvgIpc) is 2.30. The van der Waals surface area contributed by atoms with Crippen LogP contribution in [0.1, 0.15) is 0 Å². The molecule has 0 amide bonds. The lowest BCUT2D eigenvalue weighted by Gasteiger charge is -2.05. The molecule has 0 aliphatic heterocycles. The Morgan fingerprint density at radius 1 is 0.750 bits per heavy atom. The van der Waals surface area contributed by atoms with Crippen LogP contribution in [0.25, 0.3) is 11.1 Å². The highest BCUT2D eigenvalue weighted by molar-refractivity contribution is 5.63. The van der Waals surface area contributed by atoms with Crippen LogP contribution >= 0.6 is 0 Å². The lowest BCUT2D eigenvalue weighted by Crippen LogP contribution is -2.01. The molecule has 1 unspecified atom stereocenters. The van der Waals surface area contributed by atoms with Crippen LogP contribution in [0, 0.1) is 0 Å². The summed E-state index contributed by atoms with van der Waals surface area (Å²) in [6.45, 7) is -2.78. The first kappa shape index (κ1) is 10.6. The number of alkyl halides is 2. The molecule has 2 rings (SSSR count). The van der Waals surface area contributed by atoms with Gasteiger partial charge >= 0.3 is 6.61 Å². The van der Waals surface area contributed by atoms with E-state index in [9.17, 15) is 8.78 Å². The molecule has 0 N–H and O–H groups in total. The van der Waals surface area contributed by atoms with Crippen LogP contribution in [-0.2, 0) is 0 Å². The Kier molecular flexibility index (Phi) is 3.15.